The Balaban J connectivity index is 1.86. The van der Waals surface area contributed by atoms with Gasteiger partial charge < -0.3 is 15.2 Å². The zero-order valence-corrected chi connectivity index (χ0v) is 17.0. The number of aromatic nitrogens is 2. The van der Waals surface area contributed by atoms with Crippen molar-refractivity contribution in [1.82, 2.24) is 9.97 Å². The van der Waals surface area contributed by atoms with Gasteiger partial charge in [0.25, 0.3) is 0 Å². The van der Waals surface area contributed by atoms with Gasteiger partial charge in [-0.25, -0.2) is 14.8 Å². The van der Waals surface area contributed by atoms with E-state index in [0.717, 1.165) is 24.8 Å². The van der Waals surface area contributed by atoms with E-state index in [1.807, 2.05) is 0 Å². The second kappa shape index (κ2) is 9.69. The number of carboxylic acid groups (broad SMARTS) is 1. The van der Waals surface area contributed by atoms with Crippen LogP contribution in [0.3, 0.4) is 0 Å². The van der Waals surface area contributed by atoms with Gasteiger partial charge in [-0.05, 0) is 49.9 Å². The summed E-state index contributed by atoms with van der Waals surface area (Å²) in [5.74, 6) is -0.915. The number of rotatable bonds is 7. The molecule has 0 spiro atoms. The summed E-state index contributed by atoms with van der Waals surface area (Å²) in [5, 5.41) is 13.3. The lowest BCUT2D eigenvalue weighted by Crippen LogP contribution is -2.32. The molecule has 0 bridgehead atoms. The Morgan fingerprint density at radius 3 is 2.66 bits per heavy atom. The Kier molecular flexibility index (Phi) is 7.04. The highest BCUT2D eigenvalue weighted by atomic mass is 35.5. The molecule has 154 valence electrons. The number of carboxylic acids is 1. The fourth-order valence-electron chi connectivity index (χ4n) is 3.62. The third-order valence-electron chi connectivity index (χ3n) is 5.14. The topological polar surface area (TPSA) is 101 Å². The van der Waals surface area contributed by atoms with Gasteiger partial charge in [-0.3, -0.25) is 4.79 Å². The van der Waals surface area contributed by atoms with Crippen molar-refractivity contribution >= 4 is 29.4 Å². The van der Waals surface area contributed by atoms with Crippen molar-refractivity contribution in [3.63, 3.8) is 0 Å². The van der Waals surface area contributed by atoms with Crippen LogP contribution in [-0.4, -0.2) is 40.2 Å². The molecular formula is C21H24ClN3O4. The zero-order chi connectivity index (χ0) is 20.8. The van der Waals surface area contributed by atoms with Gasteiger partial charge in [0.05, 0.1) is 12.5 Å². The van der Waals surface area contributed by atoms with E-state index in [4.69, 9.17) is 16.3 Å². The Labute approximate surface area is 174 Å². The summed E-state index contributed by atoms with van der Waals surface area (Å²) in [6, 6.07) is 7.08. The molecule has 2 N–H and O–H groups in total. The van der Waals surface area contributed by atoms with Crippen molar-refractivity contribution in [3.8, 4) is 11.4 Å². The number of nitrogens with one attached hydrogen (secondary N) is 1. The normalized spacial score (nSPS) is 18.8. The standard InChI is InChI=1S/C21H24ClN3O4/c1-2-29-21(28)17-12-24-18(13-7-9-15(22)10-8-13)25-19(17)23-11-14-5-3-4-6-16(14)20(26)27/h7-10,12,14,16H,2-6,11H2,1H3,(H,26,27)(H,23,24,25)/t14-,16-/m0/s1. The average molecular weight is 418 g/mol. The Bertz CT molecular complexity index is 873. The third-order valence-corrected chi connectivity index (χ3v) is 5.40. The smallest absolute Gasteiger partial charge is 0.343 e. The summed E-state index contributed by atoms with van der Waals surface area (Å²) >= 11 is 5.94. The molecule has 29 heavy (non-hydrogen) atoms. The maximum Gasteiger partial charge on any atom is 0.343 e. The minimum Gasteiger partial charge on any atom is -0.481 e. The molecule has 0 saturated heterocycles. The van der Waals surface area contributed by atoms with Gasteiger partial charge in [0.1, 0.15) is 11.4 Å². The summed E-state index contributed by atoms with van der Waals surface area (Å²) in [7, 11) is 0. The largest absolute Gasteiger partial charge is 0.481 e. The number of benzene rings is 1. The van der Waals surface area contributed by atoms with Gasteiger partial charge in [0.15, 0.2) is 5.82 Å². The van der Waals surface area contributed by atoms with Crippen LogP contribution >= 0.6 is 11.6 Å². The van der Waals surface area contributed by atoms with E-state index in [1.165, 1.54) is 6.20 Å². The van der Waals surface area contributed by atoms with E-state index in [-0.39, 0.29) is 24.0 Å². The molecule has 1 saturated carbocycles. The maximum atomic E-state index is 12.3. The van der Waals surface area contributed by atoms with E-state index < -0.39 is 11.9 Å². The molecule has 2 aromatic rings. The number of ether oxygens (including phenoxy) is 1. The number of carbonyl (C=O) groups is 2. The van der Waals surface area contributed by atoms with E-state index in [9.17, 15) is 14.7 Å². The Morgan fingerprint density at radius 2 is 1.97 bits per heavy atom. The first kappa shape index (κ1) is 21.0. The summed E-state index contributed by atoms with van der Waals surface area (Å²) in [4.78, 5) is 32.7. The molecule has 1 fully saturated rings. The molecule has 1 aromatic heterocycles. The number of hydrogen-bond acceptors (Lipinski definition) is 6. The highest BCUT2D eigenvalue weighted by Crippen LogP contribution is 2.31. The highest BCUT2D eigenvalue weighted by molar-refractivity contribution is 6.30. The zero-order valence-electron chi connectivity index (χ0n) is 16.2. The van der Waals surface area contributed by atoms with Crippen molar-refractivity contribution < 1.29 is 19.4 Å². The number of halogens is 1. The second-order valence-electron chi connectivity index (χ2n) is 7.05. The van der Waals surface area contributed by atoms with Crippen LogP contribution in [0.4, 0.5) is 5.82 Å². The van der Waals surface area contributed by atoms with Crippen molar-refractivity contribution in [1.29, 1.82) is 0 Å². The highest BCUT2D eigenvalue weighted by Gasteiger charge is 2.31. The molecule has 1 heterocycles. The molecular weight excluding hydrogens is 394 g/mol. The molecule has 1 aliphatic rings. The molecule has 2 atom stereocenters. The molecule has 7 nitrogen and oxygen atoms in total. The van der Waals surface area contributed by atoms with Crippen molar-refractivity contribution in [2.24, 2.45) is 11.8 Å². The van der Waals surface area contributed by atoms with Gasteiger partial charge in [0, 0.05) is 23.3 Å². The predicted octanol–water partition coefficient (Wildman–Crippen LogP) is 4.28. The maximum absolute atomic E-state index is 12.3. The van der Waals surface area contributed by atoms with E-state index in [2.05, 4.69) is 15.3 Å². The predicted molar refractivity (Wildman–Crippen MR) is 110 cm³/mol. The summed E-state index contributed by atoms with van der Waals surface area (Å²) in [5.41, 5.74) is 0.987. The van der Waals surface area contributed by atoms with Gasteiger partial charge in [0.2, 0.25) is 0 Å². The summed E-state index contributed by atoms with van der Waals surface area (Å²) < 4.78 is 5.11. The summed E-state index contributed by atoms with van der Waals surface area (Å²) in [6.45, 7) is 2.38. The monoisotopic (exact) mass is 417 g/mol. The van der Waals surface area contributed by atoms with Crippen LogP contribution in [0.15, 0.2) is 30.5 Å². The molecule has 1 aromatic carbocycles. The minimum atomic E-state index is -0.772. The third kappa shape index (κ3) is 5.23. The first-order chi connectivity index (χ1) is 14.0. The van der Waals surface area contributed by atoms with E-state index in [0.29, 0.717) is 29.6 Å². The fourth-order valence-corrected chi connectivity index (χ4v) is 3.74. The van der Waals surface area contributed by atoms with Crippen molar-refractivity contribution in [2.75, 3.05) is 18.5 Å². The second-order valence-corrected chi connectivity index (χ2v) is 7.49. The van der Waals surface area contributed by atoms with E-state index in [1.54, 1.807) is 31.2 Å². The fraction of sp³-hybridized carbons (Fsp3) is 0.429. The molecule has 8 heteroatoms. The van der Waals surface area contributed by atoms with Gasteiger partial charge in [-0.15, -0.1) is 0 Å². The van der Waals surface area contributed by atoms with Crippen LogP contribution in [0.2, 0.25) is 5.02 Å². The van der Waals surface area contributed by atoms with Crippen LogP contribution in [0.5, 0.6) is 0 Å². The van der Waals surface area contributed by atoms with Crippen LogP contribution in [-0.2, 0) is 9.53 Å². The minimum absolute atomic E-state index is 0.0229. The first-order valence-corrected chi connectivity index (χ1v) is 10.1. The molecule has 0 unspecified atom stereocenters. The lowest BCUT2D eigenvalue weighted by atomic mass is 9.79. The number of esters is 1. The van der Waals surface area contributed by atoms with E-state index >= 15 is 0 Å². The molecule has 0 radical (unpaired) electrons. The first-order valence-electron chi connectivity index (χ1n) is 9.76. The molecule has 3 rings (SSSR count). The van der Waals surface area contributed by atoms with Gasteiger partial charge in [-0.1, -0.05) is 24.4 Å². The number of aliphatic carboxylic acids is 1. The van der Waals surface area contributed by atoms with Crippen molar-refractivity contribution in [2.45, 2.75) is 32.6 Å². The van der Waals surface area contributed by atoms with Gasteiger partial charge >= 0.3 is 11.9 Å². The van der Waals surface area contributed by atoms with Crippen LogP contribution in [0, 0.1) is 11.8 Å². The number of hydrogen-bond donors (Lipinski definition) is 2. The lowest BCUT2D eigenvalue weighted by molar-refractivity contribution is -0.144. The number of nitrogens with zero attached hydrogens (tertiary/aromatic N) is 2. The summed E-state index contributed by atoms with van der Waals surface area (Å²) in [6.07, 6.45) is 4.86. The lowest BCUT2D eigenvalue weighted by Gasteiger charge is -2.29. The van der Waals surface area contributed by atoms with Gasteiger partial charge in [-0.2, -0.15) is 0 Å². The van der Waals surface area contributed by atoms with Crippen LogP contribution in [0.25, 0.3) is 11.4 Å². The Hall–Kier alpha value is -2.67. The van der Waals surface area contributed by atoms with Crippen LogP contribution in [0.1, 0.15) is 43.0 Å². The SMILES string of the molecule is CCOC(=O)c1cnc(-c2ccc(Cl)cc2)nc1NC[C@@H]1CCCC[C@@H]1C(=O)O. The average Bonchev–Trinajstić information content (AvgIpc) is 2.73. The van der Waals surface area contributed by atoms with Crippen LogP contribution < -0.4 is 5.32 Å². The molecule has 0 amide bonds. The Morgan fingerprint density at radius 1 is 1.24 bits per heavy atom. The number of anilines is 1. The quantitative estimate of drug-likeness (QED) is 0.648. The molecule has 1 aliphatic carbocycles. The molecule has 0 aliphatic heterocycles. The van der Waals surface area contributed by atoms with Crippen molar-refractivity contribution in [3.05, 3.63) is 41.0 Å². The number of carbonyl (C=O) groups excluding carboxylic acids is 1.